The molecule has 9 heteroatoms. The molecule has 0 atom stereocenters. The van der Waals surface area contributed by atoms with E-state index in [1.54, 1.807) is 0 Å². The van der Waals surface area contributed by atoms with E-state index < -0.39 is 17.7 Å². The summed E-state index contributed by atoms with van der Waals surface area (Å²) in [6.45, 7) is 4.73. The molecule has 0 spiro atoms. The van der Waals surface area contributed by atoms with Crippen molar-refractivity contribution in [2.45, 2.75) is 49.1 Å². The fourth-order valence-electron chi connectivity index (χ4n) is 3.25. The van der Waals surface area contributed by atoms with E-state index in [2.05, 4.69) is 0 Å². The van der Waals surface area contributed by atoms with Gasteiger partial charge in [-0.1, -0.05) is 37.7 Å². The normalized spacial score (nSPS) is 11.2. The summed E-state index contributed by atoms with van der Waals surface area (Å²) in [6.07, 6.45) is 0.264. The molecule has 32 heavy (non-hydrogen) atoms. The first kappa shape index (κ1) is 23.6. The maximum atomic E-state index is 13.8. The highest BCUT2D eigenvalue weighted by Gasteiger charge is 2.21. The Hall–Kier alpha value is -3.07. The molecule has 0 fully saturated rings. The second-order valence-corrected chi connectivity index (χ2v) is 8.74. The van der Waals surface area contributed by atoms with E-state index in [4.69, 9.17) is 21.2 Å². The summed E-state index contributed by atoms with van der Waals surface area (Å²) in [7, 11) is 0. The fraction of sp³-hybridized carbons (Fsp3) is 0.304. The number of nitrogens with zero attached hydrogens (tertiary/aromatic N) is 2. The summed E-state index contributed by atoms with van der Waals surface area (Å²) in [6, 6.07) is 11.0. The average Bonchev–Trinajstić information content (AvgIpc) is 3.03. The van der Waals surface area contributed by atoms with Gasteiger partial charge in [-0.15, -0.1) is 0 Å². The zero-order valence-corrected chi connectivity index (χ0v) is 18.8. The predicted molar refractivity (Wildman–Crippen MR) is 121 cm³/mol. The molecule has 0 saturated carbocycles. The number of ether oxygens (including phenoxy) is 1. The molecule has 3 rings (SSSR count). The Bertz CT molecular complexity index is 1060. The Kier molecular flexibility index (Phi) is 7.74. The summed E-state index contributed by atoms with van der Waals surface area (Å²) in [5.74, 6) is -0.388. The molecule has 170 valence electrons. The van der Waals surface area contributed by atoms with Gasteiger partial charge < -0.3 is 20.8 Å². The molecule has 1 heterocycles. The van der Waals surface area contributed by atoms with Gasteiger partial charge in [0, 0.05) is 29.6 Å². The van der Waals surface area contributed by atoms with Crippen LogP contribution in [-0.4, -0.2) is 22.3 Å². The van der Waals surface area contributed by atoms with Crippen molar-refractivity contribution in [2.24, 2.45) is 5.73 Å². The Balaban J connectivity index is 2.00. The number of halogens is 2. The van der Waals surface area contributed by atoms with E-state index in [1.165, 1.54) is 23.9 Å². The highest BCUT2D eigenvalue weighted by molar-refractivity contribution is 7.99. The van der Waals surface area contributed by atoms with E-state index in [0.717, 1.165) is 28.2 Å². The molecule has 0 saturated heterocycles. The quantitative estimate of drug-likeness (QED) is 0.342. The van der Waals surface area contributed by atoms with Gasteiger partial charge >= 0.3 is 6.09 Å². The summed E-state index contributed by atoms with van der Waals surface area (Å²) in [5, 5.41) is 0.813. The van der Waals surface area contributed by atoms with Crippen LogP contribution in [0.15, 0.2) is 52.4 Å². The van der Waals surface area contributed by atoms with Crippen LogP contribution in [0.5, 0.6) is 0 Å². The number of carbonyl (C=O) groups is 1. The highest BCUT2D eigenvalue weighted by Crippen LogP contribution is 2.36. The fourth-order valence-corrected chi connectivity index (χ4v) is 4.48. The van der Waals surface area contributed by atoms with Crippen LogP contribution in [0.25, 0.3) is 0 Å². The first-order chi connectivity index (χ1) is 15.2. The third-order valence-corrected chi connectivity index (χ3v) is 5.83. The second-order valence-electron chi connectivity index (χ2n) is 7.68. The van der Waals surface area contributed by atoms with E-state index >= 15 is 0 Å². The van der Waals surface area contributed by atoms with Gasteiger partial charge in [0.15, 0.2) is 0 Å². The molecule has 0 aliphatic carbocycles. The smallest absolute Gasteiger partial charge is 0.404 e. The SMILES string of the molecule is CC(C)c1nc(CCCOC(N)=O)n(Cc2ccc(N)cc2)c1Sc1cc(F)cc(F)c1. The standard InChI is InChI=1S/C23H26F2N4O2S/c1-14(2)21-22(32-19-11-16(24)10-17(25)12-19)29(13-15-5-7-18(26)8-6-15)20(28-21)4-3-9-31-23(27)30/h5-8,10-12,14H,3-4,9,13,26H2,1-2H3,(H2,27,30). The lowest BCUT2D eigenvalue weighted by molar-refractivity contribution is 0.155. The molecule has 0 aliphatic heterocycles. The summed E-state index contributed by atoms with van der Waals surface area (Å²) < 4.78 is 34.5. The first-order valence-electron chi connectivity index (χ1n) is 10.2. The molecule has 3 aromatic rings. The zero-order chi connectivity index (χ0) is 23.3. The number of rotatable bonds is 9. The number of carbonyl (C=O) groups excluding carboxylic acids is 1. The topological polar surface area (TPSA) is 96.2 Å². The molecule has 4 N–H and O–H groups in total. The van der Waals surface area contributed by atoms with Gasteiger partial charge in [-0.25, -0.2) is 18.6 Å². The maximum absolute atomic E-state index is 13.8. The first-order valence-corrected chi connectivity index (χ1v) is 11.0. The number of hydrogen-bond acceptors (Lipinski definition) is 5. The zero-order valence-electron chi connectivity index (χ0n) is 18.0. The molecular formula is C23H26F2N4O2S. The number of benzene rings is 2. The second kappa shape index (κ2) is 10.5. The van der Waals surface area contributed by atoms with Crippen molar-refractivity contribution >= 4 is 23.5 Å². The number of amides is 1. The molecule has 0 radical (unpaired) electrons. The van der Waals surface area contributed by atoms with Crippen molar-refractivity contribution in [3.8, 4) is 0 Å². The maximum Gasteiger partial charge on any atom is 0.404 e. The molecule has 0 bridgehead atoms. The van der Waals surface area contributed by atoms with Crippen LogP contribution in [0.3, 0.4) is 0 Å². The van der Waals surface area contributed by atoms with Crippen LogP contribution >= 0.6 is 11.8 Å². The van der Waals surface area contributed by atoms with Crippen molar-refractivity contribution in [2.75, 3.05) is 12.3 Å². The van der Waals surface area contributed by atoms with Crippen LogP contribution in [0.4, 0.5) is 19.3 Å². The molecule has 0 unspecified atom stereocenters. The number of aryl methyl sites for hydroxylation is 1. The predicted octanol–water partition coefficient (Wildman–Crippen LogP) is 5.09. The Labute approximate surface area is 190 Å². The number of primary amides is 1. The lowest BCUT2D eigenvalue weighted by Crippen LogP contribution is -2.14. The number of hydrogen-bond donors (Lipinski definition) is 2. The number of nitrogen functional groups attached to an aromatic ring is 1. The minimum atomic E-state index is -0.817. The number of aromatic nitrogens is 2. The lowest BCUT2D eigenvalue weighted by Gasteiger charge is -2.14. The average molecular weight is 461 g/mol. The van der Waals surface area contributed by atoms with Crippen molar-refractivity contribution in [1.82, 2.24) is 9.55 Å². The van der Waals surface area contributed by atoms with E-state index in [9.17, 15) is 13.6 Å². The summed E-state index contributed by atoms with van der Waals surface area (Å²) in [4.78, 5) is 16.1. The minimum absolute atomic E-state index is 0.0872. The van der Waals surface area contributed by atoms with Crippen LogP contribution in [0, 0.1) is 11.6 Å². The Morgan fingerprint density at radius 3 is 2.41 bits per heavy atom. The lowest BCUT2D eigenvalue weighted by atomic mass is 10.1. The monoisotopic (exact) mass is 460 g/mol. The molecule has 2 aromatic carbocycles. The highest BCUT2D eigenvalue weighted by atomic mass is 32.2. The van der Waals surface area contributed by atoms with Gasteiger partial charge in [-0.2, -0.15) is 0 Å². The van der Waals surface area contributed by atoms with Crippen LogP contribution in [0.2, 0.25) is 0 Å². The van der Waals surface area contributed by atoms with Crippen molar-refractivity contribution in [1.29, 1.82) is 0 Å². The third kappa shape index (κ3) is 6.23. The van der Waals surface area contributed by atoms with Gasteiger partial charge in [0.25, 0.3) is 0 Å². The van der Waals surface area contributed by atoms with Crippen LogP contribution < -0.4 is 11.5 Å². The van der Waals surface area contributed by atoms with Crippen molar-refractivity contribution in [3.05, 3.63) is 71.2 Å². The van der Waals surface area contributed by atoms with Gasteiger partial charge in [0.1, 0.15) is 22.5 Å². The molecule has 1 aromatic heterocycles. The van der Waals surface area contributed by atoms with Crippen LogP contribution in [-0.2, 0) is 17.7 Å². The van der Waals surface area contributed by atoms with Gasteiger partial charge in [0.05, 0.1) is 12.3 Å². The molecule has 0 aliphatic rings. The summed E-state index contributed by atoms with van der Waals surface area (Å²) >= 11 is 1.28. The number of nitrogens with two attached hydrogens (primary N) is 2. The van der Waals surface area contributed by atoms with Crippen molar-refractivity contribution in [3.63, 3.8) is 0 Å². The van der Waals surface area contributed by atoms with Crippen LogP contribution in [0.1, 0.15) is 43.3 Å². The molecule has 1 amide bonds. The Morgan fingerprint density at radius 1 is 1.16 bits per heavy atom. The largest absolute Gasteiger partial charge is 0.450 e. The summed E-state index contributed by atoms with van der Waals surface area (Å²) in [5.41, 5.74) is 13.4. The van der Waals surface area contributed by atoms with E-state index in [0.29, 0.717) is 30.0 Å². The van der Waals surface area contributed by atoms with Gasteiger partial charge in [-0.05, 0) is 42.2 Å². The number of anilines is 1. The number of imidazole rings is 1. The van der Waals surface area contributed by atoms with Crippen molar-refractivity contribution < 1.29 is 18.3 Å². The minimum Gasteiger partial charge on any atom is -0.450 e. The van der Waals surface area contributed by atoms with E-state index in [-0.39, 0.29) is 12.5 Å². The Morgan fingerprint density at radius 2 is 1.81 bits per heavy atom. The van der Waals surface area contributed by atoms with Gasteiger partial charge in [0.2, 0.25) is 0 Å². The van der Waals surface area contributed by atoms with Gasteiger partial charge in [-0.3, -0.25) is 0 Å². The third-order valence-electron chi connectivity index (χ3n) is 4.73. The van der Waals surface area contributed by atoms with E-state index in [1.807, 2.05) is 42.7 Å². The molecular weight excluding hydrogens is 434 g/mol. The molecule has 6 nitrogen and oxygen atoms in total.